The molecule has 0 aliphatic carbocycles. The zero-order valence-electron chi connectivity index (χ0n) is 19.3. The smallest absolute Gasteiger partial charge is 0.254 e. The first-order valence-electron chi connectivity index (χ1n) is 11.1. The maximum absolute atomic E-state index is 12.6. The summed E-state index contributed by atoms with van der Waals surface area (Å²) in [6.45, 7) is 1.91. The molecule has 0 unspecified atom stereocenters. The lowest BCUT2D eigenvalue weighted by Crippen LogP contribution is -2.41. The van der Waals surface area contributed by atoms with E-state index in [1.807, 2.05) is 35.0 Å². The summed E-state index contributed by atoms with van der Waals surface area (Å²) in [5.41, 5.74) is 2.58. The summed E-state index contributed by atoms with van der Waals surface area (Å²) in [5.74, 6) is -0.579. The number of carbonyl (C=O) groups excluding carboxylic acids is 2. The van der Waals surface area contributed by atoms with Crippen LogP contribution in [0.1, 0.15) is 15.9 Å². The average molecular weight is 498 g/mol. The van der Waals surface area contributed by atoms with Crippen molar-refractivity contribution in [1.29, 1.82) is 0 Å². The van der Waals surface area contributed by atoms with Crippen molar-refractivity contribution >= 4 is 27.5 Å². The van der Waals surface area contributed by atoms with Crippen molar-refractivity contribution in [2.24, 2.45) is 0 Å². The van der Waals surface area contributed by atoms with Crippen LogP contribution >= 0.6 is 0 Å². The Labute approximate surface area is 204 Å². The van der Waals surface area contributed by atoms with Crippen LogP contribution < -0.4 is 9.62 Å². The van der Waals surface area contributed by atoms with Gasteiger partial charge in [0.25, 0.3) is 5.91 Å². The molecule has 1 N–H and O–H groups in total. The van der Waals surface area contributed by atoms with E-state index in [9.17, 15) is 18.0 Å². The molecule has 1 saturated heterocycles. The zero-order chi connectivity index (χ0) is 24.8. The number of nitrogens with one attached hydrogen (secondary N) is 1. The van der Waals surface area contributed by atoms with Crippen molar-refractivity contribution in [2.75, 3.05) is 43.4 Å². The molecule has 1 fully saturated rings. The van der Waals surface area contributed by atoms with E-state index in [0.717, 1.165) is 21.8 Å². The predicted molar refractivity (Wildman–Crippen MR) is 131 cm³/mol. The molecule has 1 aromatic heterocycles. The van der Waals surface area contributed by atoms with Crippen molar-refractivity contribution in [3.8, 4) is 5.69 Å². The Bertz CT molecular complexity index is 1250. The molecule has 3 aromatic rings. The number of hydrogen-bond acceptors (Lipinski definition) is 6. The van der Waals surface area contributed by atoms with Gasteiger partial charge in [-0.05, 0) is 42.0 Å². The summed E-state index contributed by atoms with van der Waals surface area (Å²) in [5, 5.41) is 2.76. The van der Waals surface area contributed by atoms with Gasteiger partial charge in [0.1, 0.15) is 6.54 Å². The van der Waals surface area contributed by atoms with Crippen LogP contribution in [0.15, 0.2) is 67.3 Å². The van der Waals surface area contributed by atoms with Crippen molar-refractivity contribution < 1.29 is 22.7 Å². The van der Waals surface area contributed by atoms with Gasteiger partial charge in [0.2, 0.25) is 15.9 Å². The second kappa shape index (κ2) is 10.7. The highest BCUT2D eigenvalue weighted by Gasteiger charge is 2.22. The minimum Gasteiger partial charge on any atom is -0.378 e. The highest BCUT2D eigenvalue weighted by molar-refractivity contribution is 7.92. The summed E-state index contributed by atoms with van der Waals surface area (Å²) in [7, 11) is -3.73. The Balaban J connectivity index is 1.38. The molecule has 0 atom stereocenters. The normalized spacial score (nSPS) is 13.9. The third-order valence-corrected chi connectivity index (χ3v) is 6.76. The van der Waals surface area contributed by atoms with E-state index in [4.69, 9.17) is 4.74 Å². The highest BCUT2D eigenvalue weighted by Crippen LogP contribution is 2.19. The first-order valence-corrected chi connectivity index (χ1v) is 12.9. The number of hydrogen-bond donors (Lipinski definition) is 1. The van der Waals surface area contributed by atoms with Gasteiger partial charge in [0, 0.05) is 43.3 Å². The lowest BCUT2D eigenvalue weighted by atomic mass is 10.1. The van der Waals surface area contributed by atoms with Gasteiger partial charge in [-0.1, -0.05) is 12.1 Å². The van der Waals surface area contributed by atoms with Crippen LogP contribution in [-0.4, -0.2) is 73.8 Å². The lowest BCUT2D eigenvalue weighted by Gasteiger charge is -2.27. The van der Waals surface area contributed by atoms with E-state index in [-0.39, 0.29) is 19.0 Å². The summed E-state index contributed by atoms with van der Waals surface area (Å²) >= 11 is 0. The van der Waals surface area contributed by atoms with Gasteiger partial charge in [0.15, 0.2) is 0 Å². The van der Waals surface area contributed by atoms with Gasteiger partial charge in [0.05, 0.1) is 31.5 Å². The van der Waals surface area contributed by atoms with Gasteiger partial charge < -0.3 is 19.5 Å². The molecule has 35 heavy (non-hydrogen) atoms. The average Bonchev–Trinajstić information content (AvgIpc) is 3.41. The van der Waals surface area contributed by atoms with Crippen LogP contribution in [-0.2, 0) is 26.1 Å². The van der Waals surface area contributed by atoms with Crippen molar-refractivity contribution in [1.82, 2.24) is 19.8 Å². The molecular formula is C24H27N5O5S. The fraction of sp³-hybridized carbons (Fsp3) is 0.292. The molecule has 2 aromatic carbocycles. The first kappa shape index (κ1) is 24.4. The fourth-order valence-electron chi connectivity index (χ4n) is 3.70. The van der Waals surface area contributed by atoms with E-state index < -0.39 is 15.9 Å². The highest BCUT2D eigenvalue weighted by atomic mass is 32.2. The fourth-order valence-corrected chi connectivity index (χ4v) is 4.56. The molecule has 1 aliphatic rings. The maximum atomic E-state index is 12.6. The number of aromatic nitrogens is 2. The molecule has 0 radical (unpaired) electrons. The number of sulfonamides is 1. The molecule has 10 nitrogen and oxygen atoms in total. The monoisotopic (exact) mass is 497 g/mol. The number of anilines is 1. The predicted octanol–water partition coefficient (Wildman–Crippen LogP) is 1.43. The summed E-state index contributed by atoms with van der Waals surface area (Å²) in [6.07, 6.45) is 6.27. The molecule has 2 amide bonds. The van der Waals surface area contributed by atoms with Crippen LogP contribution in [0.2, 0.25) is 0 Å². The van der Waals surface area contributed by atoms with E-state index >= 15 is 0 Å². The third kappa shape index (κ3) is 6.25. The van der Waals surface area contributed by atoms with Gasteiger partial charge in [-0.2, -0.15) is 0 Å². The molecule has 4 rings (SSSR count). The lowest BCUT2D eigenvalue weighted by molar-refractivity contribution is -0.119. The largest absolute Gasteiger partial charge is 0.378 e. The number of imidazole rings is 1. The molecule has 0 spiro atoms. The second-order valence-electron chi connectivity index (χ2n) is 8.13. The first-order chi connectivity index (χ1) is 16.8. The summed E-state index contributed by atoms with van der Waals surface area (Å²) in [4.78, 5) is 30.9. The number of nitrogens with zero attached hydrogens (tertiary/aromatic N) is 4. The molecule has 11 heteroatoms. The molecule has 0 saturated carbocycles. The molecule has 1 aliphatic heterocycles. The number of carbonyl (C=O) groups is 2. The molecule has 2 heterocycles. The SMILES string of the molecule is CS(=O)(=O)N(CC(=O)NCc1ccc(-n2ccnc2)cc1)c1ccc(C(=O)N2CCOCC2)cc1. The third-order valence-electron chi connectivity index (χ3n) is 5.62. The topological polar surface area (TPSA) is 114 Å². The quantitative estimate of drug-likeness (QED) is 0.504. The molecule has 0 bridgehead atoms. The standard InChI is InChI=1S/C24H27N5O5S/c1-35(32,33)29(22-8-4-20(5-9-22)24(31)27-12-14-34-15-13-27)17-23(30)26-16-19-2-6-21(7-3-19)28-11-10-25-18-28/h2-11,18H,12-17H2,1H3,(H,26,30). The summed E-state index contributed by atoms with van der Waals surface area (Å²) in [6, 6.07) is 13.8. The maximum Gasteiger partial charge on any atom is 0.254 e. The van der Waals surface area contributed by atoms with E-state index in [2.05, 4.69) is 10.3 Å². The Morgan fingerprint density at radius 2 is 1.74 bits per heavy atom. The van der Waals surface area contributed by atoms with Gasteiger partial charge >= 0.3 is 0 Å². The molecule has 184 valence electrons. The Hall–Kier alpha value is -3.70. The van der Waals surface area contributed by atoms with Crippen LogP contribution in [0.4, 0.5) is 5.69 Å². The number of morpholine rings is 1. The van der Waals surface area contributed by atoms with Crippen LogP contribution in [0.5, 0.6) is 0 Å². The van der Waals surface area contributed by atoms with Crippen LogP contribution in [0, 0.1) is 0 Å². The molecular weight excluding hydrogens is 470 g/mol. The van der Waals surface area contributed by atoms with E-state index in [1.165, 1.54) is 12.1 Å². The van der Waals surface area contributed by atoms with Crippen LogP contribution in [0.3, 0.4) is 0 Å². The van der Waals surface area contributed by atoms with Gasteiger partial charge in [-0.25, -0.2) is 13.4 Å². The van der Waals surface area contributed by atoms with E-state index in [1.54, 1.807) is 29.6 Å². The van der Waals surface area contributed by atoms with Gasteiger partial charge in [-0.3, -0.25) is 13.9 Å². The Morgan fingerprint density at radius 3 is 2.34 bits per heavy atom. The number of ether oxygens (including phenoxy) is 1. The Morgan fingerprint density at radius 1 is 1.06 bits per heavy atom. The minimum absolute atomic E-state index is 0.137. The second-order valence-corrected chi connectivity index (χ2v) is 10.0. The Kier molecular flexibility index (Phi) is 7.47. The minimum atomic E-state index is -3.73. The number of benzene rings is 2. The van der Waals surface area contributed by atoms with Crippen LogP contribution in [0.25, 0.3) is 5.69 Å². The number of amides is 2. The van der Waals surface area contributed by atoms with Crippen molar-refractivity contribution in [3.05, 3.63) is 78.4 Å². The van der Waals surface area contributed by atoms with E-state index in [0.29, 0.717) is 37.6 Å². The van der Waals surface area contributed by atoms with Crippen molar-refractivity contribution in [2.45, 2.75) is 6.54 Å². The van der Waals surface area contributed by atoms with Crippen molar-refractivity contribution in [3.63, 3.8) is 0 Å². The number of rotatable bonds is 8. The van der Waals surface area contributed by atoms with Gasteiger partial charge in [-0.15, -0.1) is 0 Å². The zero-order valence-corrected chi connectivity index (χ0v) is 20.1. The summed E-state index contributed by atoms with van der Waals surface area (Å²) < 4.78 is 33.0.